The second-order valence-corrected chi connectivity index (χ2v) is 6.76. The Morgan fingerprint density at radius 1 is 1.23 bits per heavy atom. The maximum absolute atomic E-state index is 12.3. The van der Waals surface area contributed by atoms with E-state index in [2.05, 4.69) is 23.3 Å². The van der Waals surface area contributed by atoms with Crippen molar-refractivity contribution in [2.45, 2.75) is 19.4 Å². The molecule has 22 heavy (non-hydrogen) atoms. The highest BCUT2D eigenvalue weighted by Crippen LogP contribution is 2.35. The van der Waals surface area contributed by atoms with E-state index in [-0.39, 0.29) is 6.04 Å². The quantitative estimate of drug-likeness (QED) is 0.801. The van der Waals surface area contributed by atoms with Crippen LogP contribution in [0.4, 0.5) is 5.69 Å². The Kier molecular flexibility index (Phi) is 3.13. The number of ketones is 1. The molecule has 2 aromatic rings. The van der Waals surface area contributed by atoms with Crippen LogP contribution in [0.25, 0.3) is 0 Å². The molecule has 0 N–H and O–H groups in total. The molecule has 5 heteroatoms. The Labute approximate surface area is 133 Å². The smallest absolute Gasteiger partial charge is 0.291 e. The van der Waals surface area contributed by atoms with Crippen molar-refractivity contribution in [3.05, 3.63) is 51.7 Å². The van der Waals surface area contributed by atoms with Crippen molar-refractivity contribution in [1.29, 1.82) is 0 Å². The van der Waals surface area contributed by atoms with Gasteiger partial charge in [0, 0.05) is 17.5 Å². The van der Waals surface area contributed by atoms with Gasteiger partial charge in [-0.25, -0.2) is 0 Å². The lowest BCUT2D eigenvalue weighted by Gasteiger charge is -2.36. The van der Waals surface area contributed by atoms with E-state index in [0.29, 0.717) is 12.2 Å². The highest BCUT2D eigenvalue weighted by atomic mass is 32.1. The lowest BCUT2D eigenvalue weighted by molar-refractivity contribution is -0.114. The fraction of sp³-hybridized carbons (Fsp3) is 0.294. The van der Waals surface area contributed by atoms with Crippen LogP contribution in [-0.4, -0.2) is 29.8 Å². The van der Waals surface area contributed by atoms with Crippen LogP contribution in [0.1, 0.15) is 33.8 Å². The first-order valence-electron chi connectivity index (χ1n) is 7.42. The van der Waals surface area contributed by atoms with Gasteiger partial charge < -0.3 is 0 Å². The van der Waals surface area contributed by atoms with E-state index in [4.69, 9.17) is 0 Å². The summed E-state index contributed by atoms with van der Waals surface area (Å²) >= 11 is 1.80. The summed E-state index contributed by atoms with van der Waals surface area (Å²) in [6.07, 6.45) is 1.01. The average Bonchev–Trinajstić information content (AvgIpc) is 3.10. The highest BCUT2D eigenvalue weighted by Gasteiger charge is 2.37. The van der Waals surface area contributed by atoms with Gasteiger partial charge >= 0.3 is 5.91 Å². The van der Waals surface area contributed by atoms with Gasteiger partial charge in [-0.05, 0) is 42.5 Å². The van der Waals surface area contributed by atoms with Crippen LogP contribution in [0.15, 0.2) is 35.7 Å². The fourth-order valence-electron chi connectivity index (χ4n) is 3.32. The summed E-state index contributed by atoms with van der Waals surface area (Å²) in [6, 6.07) is 9.69. The van der Waals surface area contributed by atoms with E-state index in [1.165, 1.54) is 10.4 Å². The van der Waals surface area contributed by atoms with E-state index in [9.17, 15) is 9.59 Å². The van der Waals surface area contributed by atoms with Gasteiger partial charge in [0.1, 0.15) is 0 Å². The van der Waals surface area contributed by atoms with Gasteiger partial charge in [0.25, 0.3) is 5.78 Å². The molecule has 2 aliphatic heterocycles. The number of anilines is 1. The number of hydrogen-bond donors (Lipinski definition) is 0. The van der Waals surface area contributed by atoms with E-state index in [1.54, 1.807) is 28.4 Å². The molecule has 4 nitrogen and oxygen atoms in total. The minimum atomic E-state index is -0.412. The topological polar surface area (TPSA) is 40.6 Å². The zero-order valence-electron chi connectivity index (χ0n) is 12.3. The van der Waals surface area contributed by atoms with E-state index < -0.39 is 11.7 Å². The average molecular weight is 312 g/mol. The molecule has 0 radical (unpaired) electrons. The monoisotopic (exact) mass is 312 g/mol. The van der Waals surface area contributed by atoms with Gasteiger partial charge in [0.15, 0.2) is 0 Å². The molecule has 0 spiro atoms. The molecule has 0 saturated carbocycles. The number of hydrogen-bond acceptors (Lipinski definition) is 4. The summed E-state index contributed by atoms with van der Waals surface area (Å²) in [5, 5.41) is 2.13. The Morgan fingerprint density at radius 3 is 2.91 bits per heavy atom. The van der Waals surface area contributed by atoms with Crippen molar-refractivity contribution in [3.8, 4) is 0 Å². The molecule has 1 atom stereocenters. The summed E-state index contributed by atoms with van der Waals surface area (Å²) in [5.41, 5.74) is 2.61. The van der Waals surface area contributed by atoms with Gasteiger partial charge in [-0.1, -0.05) is 12.1 Å². The number of carbonyl (C=O) groups is 2. The molecule has 0 saturated heterocycles. The molecule has 0 bridgehead atoms. The van der Waals surface area contributed by atoms with Crippen molar-refractivity contribution >= 4 is 28.7 Å². The van der Waals surface area contributed by atoms with Gasteiger partial charge in [-0.15, -0.1) is 11.3 Å². The molecule has 0 aliphatic carbocycles. The molecule has 2 aliphatic rings. The molecule has 0 fully saturated rings. The van der Waals surface area contributed by atoms with Crippen molar-refractivity contribution in [3.63, 3.8) is 0 Å². The minimum absolute atomic E-state index is 0.269. The molecule has 1 aromatic heterocycles. The van der Waals surface area contributed by atoms with Crippen LogP contribution in [0.5, 0.6) is 0 Å². The summed E-state index contributed by atoms with van der Waals surface area (Å²) in [5.74, 6) is -0.805. The van der Waals surface area contributed by atoms with Gasteiger partial charge in [-0.3, -0.25) is 19.4 Å². The van der Waals surface area contributed by atoms with Crippen LogP contribution in [0.3, 0.4) is 0 Å². The third-order valence-corrected chi connectivity index (χ3v) is 5.60. The van der Waals surface area contributed by atoms with Crippen molar-refractivity contribution in [2.75, 3.05) is 18.1 Å². The fourth-order valence-corrected chi connectivity index (χ4v) is 4.29. The lowest BCUT2D eigenvalue weighted by atomic mass is 10.0. The molecule has 3 heterocycles. The van der Waals surface area contributed by atoms with Crippen LogP contribution in [-0.2, 0) is 11.2 Å². The first-order chi connectivity index (χ1) is 10.7. The predicted octanol–water partition coefficient (Wildman–Crippen LogP) is 2.85. The third-order valence-electron chi connectivity index (χ3n) is 4.61. The predicted molar refractivity (Wildman–Crippen MR) is 86.3 cm³/mol. The van der Waals surface area contributed by atoms with E-state index in [0.717, 1.165) is 18.7 Å². The Morgan fingerprint density at radius 2 is 2.05 bits per heavy atom. The minimum Gasteiger partial charge on any atom is -0.291 e. The van der Waals surface area contributed by atoms with Crippen molar-refractivity contribution in [2.24, 2.45) is 0 Å². The molecule has 0 unspecified atom stereocenters. The molecular formula is C17H16N2O2S. The van der Waals surface area contributed by atoms with Crippen molar-refractivity contribution < 1.29 is 9.59 Å². The Bertz CT molecular complexity index is 768. The lowest BCUT2D eigenvalue weighted by Crippen LogP contribution is -2.44. The van der Waals surface area contributed by atoms with Crippen molar-refractivity contribution in [1.82, 2.24) is 4.90 Å². The second-order valence-electron chi connectivity index (χ2n) is 5.76. The molecule has 112 valence electrons. The number of Topliss-reactive ketones (excluding diaryl/α,β-unsaturated/α-hetero) is 1. The zero-order chi connectivity index (χ0) is 15.3. The first-order valence-corrected chi connectivity index (χ1v) is 8.30. The molecule has 4 rings (SSSR count). The number of para-hydroxylation sites is 1. The van der Waals surface area contributed by atoms with Gasteiger partial charge in [-0.2, -0.15) is 0 Å². The van der Waals surface area contributed by atoms with Gasteiger partial charge in [0.05, 0.1) is 17.9 Å². The highest BCUT2D eigenvalue weighted by molar-refractivity contribution is 7.10. The van der Waals surface area contributed by atoms with Crippen LogP contribution in [0.2, 0.25) is 0 Å². The van der Waals surface area contributed by atoms with E-state index >= 15 is 0 Å². The van der Waals surface area contributed by atoms with E-state index in [1.807, 2.05) is 12.1 Å². The largest absolute Gasteiger partial charge is 0.300 e. The second kappa shape index (κ2) is 5.04. The number of thiophene rings is 1. The molecule has 1 aromatic carbocycles. The normalized spacial score (nSPS) is 21.1. The summed E-state index contributed by atoms with van der Waals surface area (Å²) in [4.78, 5) is 29.7. The maximum Gasteiger partial charge on any atom is 0.300 e. The Balaban J connectivity index is 1.62. The number of fused-ring (bicyclic) bond motifs is 2. The number of nitrogens with zero attached hydrogens (tertiary/aromatic N) is 2. The SMILES string of the molecule is C[C@H]1c2ccsc2CCN1CN1C(=O)C(=O)c2ccccc21. The van der Waals surface area contributed by atoms with Crippen LogP contribution >= 0.6 is 11.3 Å². The van der Waals surface area contributed by atoms with Crippen LogP contribution in [0, 0.1) is 0 Å². The number of benzene rings is 1. The first kappa shape index (κ1) is 13.7. The maximum atomic E-state index is 12.3. The number of amides is 1. The summed E-state index contributed by atoms with van der Waals surface area (Å²) in [6.45, 7) is 3.55. The standard InChI is InChI=1S/C17H16N2O2S/c1-11-12-7-9-22-15(12)6-8-18(11)10-19-14-5-3-2-4-13(14)16(20)17(19)21/h2-5,7,9,11H,6,8,10H2,1H3/t11-/m0/s1. The van der Waals surface area contributed by atoms with Gasteiger partial charge in [0.2, 0.25) is 0 Å². The summed E-state index contributed by atoms with van der Waals surface area (Å²) < 4.78 is 0. The zero-order valence-corrected chi connectivity index (χ0v) is 13.1. The number of rotatable bonds is 2. The Hall–Kier alpha value is -1.98. The molecular weight excluding hydrogens is 296 g/mol. The number of carbonyl (C=O) groups excluding carboxylic acids is 2. The molecule has 1 amide bonds. The van der Waals surface area contributed by atoms with Crippen LogP contribution < -0.4 is 4.90 Å². The summed E-state index contributed by atoms with van der Waals surface area (Å²) in [7, 11) is 0. The third kappa shape index (κ3) is 1.93.